The lowest BCUT2D eigenvalue weighted by Gasteiger charge is -2.34. The van der Waals surface area contributed by atoms with Gasteiger partial charge in [-0.2, -0.15) is 0 Å². The summed E-state index contributed by atoms with van der Waals surface area (Å²) in [5.74, 6) is 1.12. The van der Waals surface area contributed by atoms with Gasteiger partial charge in [-0.1, -0.05) is 20.8 Å². The highest BCUT2D eigenvalue weighted by atomic mass is 16.4. The second-order valence-electron chi connectivity index (χ2n) is 5.62. The highest BCUT2D eigenvalue weighted by molar-refractivity contribution is 5.78. The molecule has 1 aromatic rings. The maximum absolute atomic E-state index is 11.4. The van der Waals surface area contributed by atoms with Crippen molar-refractivity contribution in [2.75, 3.05) is 11.4 Å². The monoisotopic (exact) mass is 277 g/mol. The molecule has 2 rings (SSSR count). The van der Waals surface area contributed by atoms with Crippen molar-refractivity contribution in [1.29, 1.82) is 0 Å². The minimum atomic E-state index is -0.757. The average Bonchev–Trinajstić information content (AvgIpc) is 2.46. The Labute approximate surface area is 120 Å². The van der Waals surface area contributed by atoms with E-state index in [4.69, 9.17) is 0 Å². The molecular weight excluding hydrogens is 254 g/mol. The summed E-state index contributed by atoms with van der Waals surface area (Å²) in [6, 6.07) is 1.49. The van der Waals surface area contributed by atoms with Gasteiger partial charge in [0, 0.05) is 24.7 Å². The Morgan fingerprint density at radius 2 is 2.20 bits per heavy atom. The number of carboxylic acid groups (broad SMARTS) is 1. The lowest BCUT2D eigenvalue weighted by molar-refractivity contribution is -0.139. The fraction of sp³-hybridized carbons (Fsp3) is 0.667. The maximum Gasteiger partial charge on any atom is 0.326 e. The van der Waals surface area contributed by atoms with Gasteiger partial charge in [-0.3, -0.25) is 0 Å². The molecule has 1 aliphatic rings. The maximum atomic E-state index is 11.4. The number of aryl methyl sites for hydroxylation is 1. The van der Waals surface area contributed by atoms with Crippen molar-refractivity contribution in [3.8, 4) is 0 Å². The van der Waals surface area contributed by atoms with E-state index in [0.717, 1.165) is 43.1 Å². The third-order valence-corrected chi connectivity index (χ3v) is 3.77. The first-order valence-corrected chi connectivity index (χ1v) is 7.40. The van der Waals surface area contributed by atoms with E-state index >= 15 is 0 Å². The van der Waals surface area contributed by atoms with Gasteiger partial charge in [0.2, 0.25) is 0 Å². The molecule has 1 aliphatic heterocycles. The van der Waals surface area contributed by atoms with Gasteiger partial charge in [0.25, 0.3) is 0 Å². The minimum Gasteiger partial charge on any atom is -0.480 e. The standard InChI is InChI=1S/C15H23N3O2/c1-4-13-16-11(10(2)3)9-14(17-13)18-8-6-5-7-12(18)15(19)20/h9-10,12H,4-8H2,1-3H3,(H,19,20). The number of aromatic nitrogens is 2. The second-order valence-corrected chi connectivity index (χ2v) is 5.62. The van der Waals surface area contributed by atoms with Crippen molar-refractivity contribution in [2.24, 2.45) is 0 Å². The molecule has 1 unspecified atom stereocenters. The van der Waals surface area contributed by atoms with E-state index in [1.54, 1.807) is 0 Å². The minimum absolute atomic E-state index is 0.315. The molecule has 0 spiro atoms. The first-order valence-electron chi connectivity index (χ1n) is 7.40. The fourth-order valence-electron chi connectivity index (χ4n) is 2.57. The Morgan fingerprint density at radius 1 is 1.45 bits per heavy atom. The normalized spacial score (nSPS) is 19.4. The molecule has 0 radical (unpaired) electrons. The molecule has 1 N–H and O–H groups in total. The smallest absolute Gasteiger partial charge is 0.326 e. The van der Waals surface area contributed by atoms with E-state index in [-0.39, 0.29) is 0 Å². The van der Waals surface area contributed by atoms with Crippen LogP contribution < -0.4 is 4.90 Å². The summed E-state index contributed by atoms with van der Waals surface area (Å²) in [7, 11) is 0. The Balaban J connectivity index is 2.38. The van der Waals surface area contributed by atoms with E-state index in [0.29, 0.717) is 12.3 Å². The SMILES string of the molecule is CCc1nc(C(C)C)cc(N2CCCCC2C(=O)O)n1. The molecule has 5 nitrogen and oxygen atoms in total. The van der Waals surface area contributed by atoms with Crippen LogP contribution in [0.4, 0.5) is 5.82 Å². The molecule has 0 amide bonds. The van der Waals surface area contributed by atoms with Crippen LogP contribution in [0.5, 0.6) is 0 Å². The van der Waals surface area contributed by atoms with Crippen molar-refractivity contribution in [2.45, 2.75) is 58.4 Å². The summed E-state index contributed by atoms with van der Waals surface area (Å²) < 4.78 is 0. The van der Waals surface area contributed by atoms with Gasteiger partial charge >= 0.3 is 5.97 Å². The lowest BCUT2D eigenvalue weighted by Crippen LogP contribution is -2.45. The summed E-state index contributed by atoms with van der Waals surface area (Å²) in [6.07, 6.45) is 3.44. The molecule has 20 heavy (non-hydrogen) atoms. The van der Waals surface area contributed by atoms with Gasteiger partial charge in [0.1, 0.15) is 17.7 Å². The molecule has 1 saturated heterocycles. The van der Waals surface area contributed by atoms with Crippen LogP contribution in [0.25, 0.3) is 0 Å². The fourth-order valence-corrected chi connectivity index (χ4v) is 2.57. The van der Waals surface area contributed by atoms with E-state index in [1.165, 1.54) is 0 Å². The molecule has 2 heterocycles. The lowest BCUT2D eigenvalue weighted by atomic mass is 10.0. The molecule has 5 heteroatoms. The van der Waals surface area contributed by atoms with E-state index < -0.39 is 12.0 Å². The van der Waals surface area contributed by atoms with E-state index in [2.05, 4.69) is 23.8 Å². The molecule has 0 aromatic carbocycles. The van der Waals surface area contributed by atoms with Gasteiger partial charge < -0.3 is 10.0 Å². The Bertz CT molecular complexity index is 488. The molecule has 1 atom stereocenters. The van der Waals surface area contributed by atoms with Crippen LogP contribution in [-0.4, -0.2) is 33.6 Å². The largest absolute Gasteiger partial charge is 0.480 e. The Hall–Kier alpha value is -1.65. The number of rotatable bonds is 4. The van der Waals surface area contributed by atoms with Gasteiger partial charge in [0.05, 0.1) is 0 Å². The van der Waals surface area contributed by atoms with E-state index in [1.807, 2.05) is 17.9 Å². The number of nitrogens with zero attached hydrogens (tertiary/aromatic N) is 3. The van der Waals surface area contributed by atoms with Crippen LogP contribution in [0.2, 0.25) is 0 Å². The highest BCUT2D eigenvalue weighted by Crippen LogP contribution is 2.26. The predicted octanol–water partition coefficient (Wildman–Crippen LogP) is 2.61. The Kier molecular flexibility index (Phi) is 4.57. The molecule has 0 aliphatic carbocycles. The number of piperidine rings is 1. The molecule has 0 saturated carbocycles. The average molecular weight is 277 g/mol. The number of hydrogen-bond donors (Lipinski definition) is 1. The molecular formula is C15H23N3O2. The third kappa shape index (κ3) is 3.08. The van der Waals surface area contributed by atoms with Crippen LogP contribution in [-0.2, 0) is 11.2 Å². The summed E-state index contributed by atoms with van der Waals surface area (Å²) in [6.45, 7) is 6.97. The van der Waals surface area contributed by atoms with Gasteiger partial charge in [-0.25, -0.2) is 14.8 Å². The van der Waals surface area contributed by atoms with Crippen molar-refractivity contribution in [3.63, 3.8) is 0 Å². The highest BCUT2D eigenvalue weighted by Gasteiger charge is 2.29. The van der Waals surface area contributed by atoms with Crippen molar-refractivity contribution < 1.29 is 9.90 Å². The van der Waals surface area contributed by atoms with Crippen molar-refractivity contribution >= 4 is 11.8 Å². The first-order chi connectivity index (χ1) is 9.52. The van der Waals surface area contributed by atoms with E-state index in [9.17, 15) is 9.90 Å². The summed E-state index contributed by atoms with van der Waals surface area (Å²) >= 11 is 0. The van der Waals surface area contributed by atoms with Crippen LogP contribution >= 0.6 is 0 Å². The van der Waals surface area contributed by atoms with Crippen LogP contribution in [0.15, 0.2) is 6.07 Å². The molecule has 1 aromatic heterocycles. The first kappa shape index (κ1) is 14.8. The van der Waals surface area contributed by atoms with Gasteiger partial charge in [-0.15, -0.1) is 0 Å². The number of anilines is 1. The predicted molar refractivity (Wildman–Crippen MR) is 78.1 cm³/mol. The number of carbonyl (C=O) groups is 1. The van der Waals surface area contributed by atoms with Crippen molar-refractivity contribution in [1.82, 2.24) is 9.97 Å². The number of hydrogen-bond acceptors (Lipinski definition) is 4. The van der Waals surface area contributed by atoms with Crippen LogP contribution in [0.3, 0.4) is 0 Å². The topological polar surface area (TPSA) is 66.3 Å². The van der Waals surface area contributed by atoms with Crippen LogP contribution in [0, 0.1) is 0 Å². The number of carboxylic acids is 1. The molecule has 0 bridgehead atoms. The zero-order valence-electron chi connectivity index (χ0n) is 12.5. The summed E-state index contributed by atoms with van der Waals surface area (Å²) in [4.78, 5) is 22.4. The number of aliphatic carboxylic acids is 1. The Morgan fingerprint density at radius 3 is 2.80 bits per heavy atom. The third-order valence-electron chi connectivity index (χ3n) is 3.77. The zero-order valence-corrected chi connectivity index (χ0v) is 12.5. The summed E-state index contributed by atoms with van der Waals surface area (Å²) in [5.41, 5.74) is 0.988. The quantitative estimate of drug-likeness (QED) is 0.916. The zero-order chi connectivity index (χ0) is 14.7. The van der Waals surface area contributed by atoms with Gasteiger partial charge in [-0.05, 0) is 25.2 Å². The molecule has 110 valence electrons. The van der Waals surface area contributed by atoms with Crippen molar-refractivity contribution in [3.05, 3.63) is 17.6 Å². The molecule has 1 fully saturated rings. The van der Waals surface area contributed by atoms with Crippen LogP contribution in [0.1, 0.15) is 57.5 Å². The summed E-state index contributed by atoms with van der Waals surface area (Å²) in [5, 5.41) is 9.39. The van der Waals surface area contributed by atoms with Gasteiger partial charge in [0.15, 0.2) is 0 Å². The second kappa shape index (κ2) is 6.20.